The number of hydrogen-bond acceptors (Lipinski definition) is 6. The van der Waals surface area contributed by atoms with E-state index in [4.69, 9.17) is 4.42 Å². The van der Waals surface area contributed by atoms with Crippen LogP contribution in [0.5, 0.6) is 0 Å². The molecule has 1 aromatic carbocycles. The van der Waals surface area contributed by atoms with E-state index >= 15 is 0 Å². The second-order valence-electron chi connectivity index (χ2n) is 6.41. The molecule has 1 saturated heterocycles. The summed E-state index contributed by atoms with van der Waals surface area (Å²) in [5.74, 6) is 2.13. The fraction of sp³-hybridized carbons (Fsp3) is 0.529. The van der Waals surface area contributed by atoms with Crippen LogP contribution in [0.2, 0.25) is 0 Å². The van der Waals surface area contributed by atoms with Crippen molar-refractivity contribution >= 4 is 11.1 Å². The van der Waals surface area contributed by atoms with Gasteiger partial charge in [-0.15, -0.1) is 5.10 Å². The van der Waals surface area contributed by atoms with Gasteiger partial charge in [0.25, 0.3) is 0 Å². The number of oxazole rings is 1. The standard InChI is InChI=1S/C17H22N6O/c1-2-9-23-16(19-20-21-23)12-22-10-5-6-13(11-22)17-18-14-7-3-4-8-15(14)24-17/h3-4,7-8,13H,2,5-6,9-12H2,1H3/t13-/m1/s1. The van der Waals surface area contributed by atoms with Crippen molar-refractivity contribution in [2.45, 2.75) is 45.2 Å². The Morgan fingerprint density at radius 2 is 2.21 bits per heavy atom. The molecule has 126 valence electrons. The molecule has 0 aliphatic carbocycles. The van der Waals surface area contributed by atoms with Gasteiger partial charge in [-0.3, -0.25) is 4.90 Å². The van der Waals surface area contributed by atoms with Gasteiger partial charge in [-0.1, -0.05) is 19.1 Å². The average Bonchev–Trinajstić information content (AvgIpc) is 3.22. The summed E-state index contributed by atoms with van der Waals surface area (Å²) in [5, 5.41) is 12.1. The number of nitrogens with zero attached hydrogens (tertiary/aromatic N) is 6. The zero-order valence-corrected chi connectivity index (χ0v) is 13.9. The Bertz CT molecular complexity index is 777. The lowest BCUT2D eigenvalue weighted by Gasteiger charge is -2.30. The summed E-state index contributed by atoms with van der Waals surface area (Å²) in [6.45, 7) is 5.78. The molecule has 0 unspecified atom stereocenters. The zero-order valence-electron chi connectivity index (χ0n) is 13.9. The number of rotatable bonds is 5. The van der Waals surface area contributed by atoms with Crippen molar-refractivity contribution in [3.8, 4) is 0 Å². The van der Waals surface area contributed by atoms with E-state index in [9.17, 15) is 0 Å². The molecule has 0 bridgehead atoms. The lowest BCUT2D eigenvalue weighted by atomic mass is 9.98. The third-order valence-electron chi connectivity index (χ3n) is 4.57. The van der Waals surface area contributed by atoms with Crippen LogP contribution in [-0.2, 0) is 13.1 Å². The highest BCUT2D eigenvalue weighted by Gasteiger charge is 2.26. The number of tetrazole rings is 1. The van der Waals surface area contributed by atoms with Crippen LogP contribution < -0.4 is 0 Å². The van der Waals surface area contributed by atoms with E-state index in [1.54, 1.807) is 0 Å². The van der Waals surface area contributed by atoms with Gasteiger partial charge in [0, 0.05) is 19.0 Å². The highest BCUT2D eigenvalue weighted by Crippen LogP contribution is 2.29. The molecule has 0 N–H and O–H groups in total. The first-order valence-electron chi connectivity index (χ1n) is 8.66. The van der Waals surface area contributed by atoms with E-state index < -0.39 is 0 Å². The first kappa shape index (κ1) is 15.3. The van der Waals surface area contributed by atoms with Crippen molar-refractivity contribution in [2.24, 2.45) is 0 Å². The summed E-state index contributed by atoms with van der Waals surface area (Å²) >= 11 is 0. The van der Waals surface area contributed by atoms with Crippen LogP contribution in [0.25, 0.3) is 11.1 Å². The summed E-state index contributed by atoms with van der Waals surface area (Å²) < 4.78 is 7.88. The van der Waals surface area contributed by atoms with Crippen molar-refractivity contribution in [1.82, 2.24) is 30.1 Å². The van der Waals surface area contributed by atoms with E-state index in [1.165, 1.54) is 0 Å². The van der Waals surface area contributed by atoms with Crippen LogP contribution in [0.4, 0.5) is 0 Å². The molecule has 3 aromatic rings. The van der Waals surface area contributed by atoms with E-state index in [0.717, 1.165) is 68.3 Å². The Hall–Kier alpha value is -2.28. The Morgan fingerprint density at radius 3 is 3.08 bits per heavy atom. The van der Waals surface area contributed by atoms with E-state index in [1.807, 2.05) is 28.9 Å². The number of aromatic nitrogens is 5. The Kier molecular flexibility index (Phi) is 4.25. The summed E-state index contributed by atoms with van der Waals surface area (Å²) in [6.07, 6.45) is 3.28. The molecule has 1 fully saturated rings. The second-order valence-corrected chi connectivity index (χ2v) is 6.41. The van der Waals surface area contributed by atoms with Gasteiger partial charge in [-0.05, 0) is 48.4 Å². The van der Waals surface area contributed by atoms with Gasteiger partial charge in [0.1, 0.15) is 5.52 Å². The zero-order chi connectivity index (χ0) is 16.4. The van der Waals surface area contributed by atoms with Gasteiger partial charge < -0.3 is 4.42 Å². The summed E-state index contributed by atoms with van der Waals surface area (Å²) in [5.41, 5.74) is 1.81. The lowest BCUT2D eigenvalue weighted by Crippen LogP contribution is -2.35. The average molecular weight is 326 g/mol. The molecule has 24 heavy (non-hydrogen) atoms. The topological polar surface area (TPSA) is 72.9 Å². The third-order valence-corrected chi connectivity index (χ3v) is 4.57. The molecule has 0 spiro atoms. The van der Waals surface area contributed by atoms with Crippen LogP contribution in [0.1, 0.15) is 43.8 Å². The molecule has 7 heteroatoms. The number of piperidine rings is 1. The van der Waals surface area contributed by atoms with E-state index in [2.05, 4.69) is 32.3 Å². The first-order chi connectivity index (χ1) is 11.8. The molecular formula is C17H22N6O. The quantitative estimate of drug-likeness (QED) is 0.717. The predicted octanol–water partition coefficient (Wildman–Crippen LogP) is 2.60. The summed E-state index contributed by atoms with van der Waals surface area (Å²) in [4.78, 5) is 7.08. The van der Waals surface area contributed by atoms with Crippen LogP contribution in [0, 0.1) is 0 Å². The minimum absolute atomic E-state index is 0.335. The number of likely N-dealkylation sites (tertiary alicyclic amines) is 1. The smallest absolute Gasteiger partial charge is 0.199 e. The molecular weight excluding hydrogens is 304 g/mol. The number of aryl methyl sites for hydroxylation is 1. The van der Waals surface area contributed by atoms with Crippen molar-refractivity contribution in [3.63, 3.8) is 0 Å². The van der Waals surface area contributed by atoms with Crippen LogP contribution >= 0.6 is 0 Å². The molecule has 0 radical (unpaired) electrons. The van der Waals surface area contributed by atoms with E-state index in [0.29, 0.717) is 5.92 Å². The second kappa shape index (κ2) is 6.68. The van der Waals surface area contributed by atoms with Gasteiger partial charge in [0.2, 0.25) is 0 Å². The molecule has 1 atom stereocenters. The van der Waals surface area contributed by atoms with E-state index in [-0.39, 0.29) is 0 Å². The van der Waals surface area contributed by atoms with Gasteiger partial charge in [-0.25, -0.2) is 9.67 Å². The van der Waals surface area contributed by atoms with Crippen molar-refractivity contribution in [2.75, 3.05) is 13.1 Å². The fourth-order valence-corrected chi connectivity index (χ4v) is 3.39. The first-order valence-corrected chi connectivity index (χ1v) is 8.66. The Balaban J connectivity index is 1.48. The summed E-state index contributed by atoms with van der Waals surface area (Å²) in [6, 6.07) is 7.96. The summed E-state index contributed by atoms with van der Waals surface area (Å²) in [7, 11) is 0. The molecule has 1 aliphatic heterocycles. The normalized spacial score (nSPS) is 19.1. The van der Waals surface area contributed by atoms with Crippen LogP contribution in [0.15, 0.2) is 28.7 Å². The van der Waals surface area contributed by atoms with Gasteiger partial charge >= 0.3 is 0 Å². The van der Waals surface area contributed by atoms with Gasteiger partial charge in [0.05, 0.1) is 6.54 Å². The maximum Gasteiger partial charge on any atom is 0.199 e. The monoisotopic (exact) mass is 326 g/mol. The molecule has 3 heterocycles. The van der Waals surface area contributed by atoms with Gasteiger partial charge in [-0.2, -0.15) is 0 Å². The maximum atomic E-state index is 5.97. The minimum atomic E-state index is 0.335. The largest absolute Gasteiger partial charge is 0.440 e. The molecule has 0 saturated carbocycles. The van der Waals surface area contributed by atoms with Gasteiger partial charge in [0.15, 0.2) is 17.3 Å². The molecule has 1 aliphatic rings. The maximum absolute atomic E-state index is 5.97. The Morgan fingerprint density at radius 1 is 1.29 bits per heavy atom. The molecule has 4 rings (SSSR count). The number of fused-ring (bicyclic) bond motifs is 1. The predicted molar refractivity (Wildman–Crippen MR) is 89.4 cm³/mol. The minimum Gasteiger partial charge on any atom is -0.440 e. The number of hydrogen-bond donors (Lipinski definition) is 0. The third kappa shape index (κ3) is 3.03. The molecule has 7 nitrogen and oxygen atoms in total. The number of benzene rings is 1. The van der Waals surface area contributed by atoms with Crippen molar-refractivity contribution in [1.29, 1.82) is 0 Å². The van der Waals surface area contributed by atoms with Crippen LogP contribution in [-0.4, -0.2) is 43.2 Å². The van der Waals surface area contributed by atoms with Crippen LogP contribution in [0.3, 0.4) is 0 Å². The highest BCUT2D eigenvalue weighted by atomic mass is 16.3. The Labute approximate surface area is 140 Å². The SMILES string of the molecule is CCCn1nnnc1CN1CCC[C@@H](c2nc3ccccc3o2)C1. The molecule has 0 amide bonds. The number of para-hydroxylation sites is 2. The lowest BCUT2D eigenvalue weighted by molar-refractivity contribution is 0.180. The molecule has 2 aromatic heterocycles. The van der Waals surface area contributed by atoms with Crippen molar-refractivity contribution in [3.05, 3.63) is 36.0 Å². The van der Waals surface area contributed by atoms with Crippen molar-refractivity contribution < 1.29 is 4.42 Å². The highest BCUT2D eigenvalue weighted by molar-refractivity contribution is 5.72. The fourth-order valence-electron chi connectivity index (χ4n) is 3.39.